The quantitative estimate of drug-likeness (QED) is 0.720. The molecule has 0 unspecified atom stereocenters. The van der Waals surface area contributed by atoms with Crippen LogP contribution in [0.2, 0.25) is 0 Å². The second-order valence-electron chi connectivity index (χ2n) is 3.47. The Balaban J connectivity index is 0.00000256. The number of carbonyl (C=O) groups is 1. The molecule has 0 heterocycles. The van der Waals surface area contributed by atoms with Gasteiger partial charge in [0, 0.05) is 6.54 Å². The van der Waals surface area contributed by atoms with Gasteiger partial charge in [-0.3, -0.25) is 4.79 Å². The summed E-state index contributed by atoms with van der Waals surface area (Å²) >= 11 is 0. The van der Waals surface area contributed by atoms with Crippen LogP contribution in [-0.4, -0.2) is 25.6 Å². The third-order valence-electron chi connectivity index (χ3n) is 2.05. The SMILES string of the molecule is Cl.NCCCNC(=O)COCc1ccccc1. The van der Waals surface area contributed by atoms with Crippen molar-refractivity contribution in [2.75, 3.05) is 19.7 Å². The van der Waals surface area contributed by atoms with Crippen LogP contribution in [-0.2, 0) is 16.1 Å². The lowest BCUT2D eigenvalue weighted by Gasteiger charge is -2.05. The minimum atomic E-state index is -0.0932. The average molecular weight is 259 g/mol. The van der Waals surface area contributed by atoms with E-state index < -0.39 is 0 Å². The maximum absolute atomic E-state index is 11.2. The van der Waals surface area contributed by atoms with Gasteiger partial charge >= 0.3 is 0 Å². The number of benzene rings is 1. The van der Waals surface area contributed by atoms with E-state index in [0.29, 0.717) is 19.7 Å². The minimum absolute atomic E-state index is 0. The summed E-state index contributed by atoms with van der Waals surface area (Å²) in [4.78, 5) is 11.2. The monoisotopic (exact) mass is 258 g/mol. The molecule has 96 valence electrons. The molecule has 0 fully saturated rings. The molecule has 0 atom stereocenters. The number of amides is 1. The van der Waals surface area contributed by atoms with Gasteiger partial charge in [0.25, 0.3) is 0 Å². The predicted octanol–water partition coefficient (Wildman–Crippen LogP) is 1.09. The zero-order valence-corrected chi connectivity index (χ0v) is 10.5. The van der Waals surface area contributed by atoms with Crippen LogP contribution < -0.4 is 11.1 Å². The van der Waals surface area contributed by atoms with E-state index in [0.717, 1.165) is 12.0 Å². The first kappa shape index (κ1) is 15.9. The van der Waals surface area contributed by atoms with Crippen LogP contribution in [0.4, 0.5) is 0 Å². The molecular formula is C12H19ClN2O2. The molecule has 17 heavy (non-hydrogen) atoms. The molecule has 0 saturated carbocycles. The fourth-order valence-corrected chi connectivity index (χ4v) is 1.22. The van der Waals surface area contributed by atoms with Crippen LogP contribution in [0.3, 0.4) is 0 Å². The zero-order chi connectivity index (χ0) is 11.6. The van der Waals surface area contributed by atoms with E-state index in [-0.39, 0.29) is 24.9 Å². The fourth-order valence-electron chi connectivity index (χ4n) is 1.22. The summed E-state index contributed by atoms with van der Waals surface area (Å²) < 4.78 is 5.27. The number of carbonyl (C=O) groups excluding carboxylic acids is 1. The molecule has 3 N–H and O–H groups in total. The molecule has 0 aliphatic heterocycles. The van der Waals surface area contributed by atoms with Gasteiger partial charge in [-0.05, 0) is 18.5 Å². The normalized spacial score (nSPS) is 9.47. The smallest absolute Gasteiger partial charge is 0.246 e. The first-order valence-electron chi connectivity index (χ1n) is 5.41. The molecule has 0 aliphatic carbocycles. The van der Waals surface area contributed by atoms with Crippen molar-refractivity contribution in [3.05, 3.63) is 35.9 Å². The second kappa shape index (κ2) is 10.1. The van der Waals surface area contributed by atoms with Crippen molar-refractivity contribution in [1.82, 2.24) is 5.32 Å². The third-order valence-corrected chi connectivity index (χ3v) is 2.05. The third kappa shape index (κ3) is 7.74. The summed E-state index contributed by atoms with van der Waals surface area (Å²) in [7, 11) is 0. The predicted molar refractivity (Wildman–Crippen MR) is 70.0 cm³/mol. The lowest BCUT2D eigenvalue weighted by atomic mass is 10.2. The van der Waals surface area contributed by atoms with Crippen molar-refractivity contribution >= 4 is 18.3 Å². The van der Waals surface area contributed by atoms with E-state index in [2.05, 4.69) is 5.32 Å². The summed E-state index contributed by atoms with van der Waals surface area (Å²) in [6.07, 6.45) is 0.796. The van der Waals surface area contributed by atoms with Crippen LogP contribution in [0.15, 0.2) is 30.3 Å². The Bertz CT molecular complexity index is 307. The van der Waals surface area contributed by atoms with Gasteiger partial charge in [0.1, 0.15) is 6.61 Å². The van der Waals surface area contributed by atoms with E-state index >= 15 is 0 Å². The first-order valence-corrected chi connectivity index (χ1v) is 5.41. The maximum Gasteiger partial charge on any atom is 0.246 e. The number of nitrogens with one attached hydrogen (secondary N) is 1. The average Bonchev–Trinajstić information content (AvgIpc) is 2.31. The molecule has 0 aromatic heterocycles. The van der Waals surface area contributed by atoms with E-state index in [1.807, 2.05) is 30.3 Å². The lowest BCUT2D eigenvalue weighted by Crippen LogP contribution is -2.29. The standard InChI is InChI=1S/C12H18N2O2.ClH/c13-7-4-8-14-12(15)10-16-9-11-5-2-1-3-6-11;/h1-3,5-6H,4,7-10,13H2,(H,14,15);1H. The van der Waals surface area contributed by atoms with Crippen LogP contribution in [0.1, 0.15) is 12.0 Å². The van der Waals surface area contributed by atoms with Crippen molar-refractivity contribution in [1.29, 1.82) is 0 Å². The summed E-state index contributed by atoms with van der Waals surface area (Å²) in [6, 6.07) is 9.77. The fraction of sp³-hybridized carbons (Fsp3) is 0.417. The molecule has 1 aromatic rings. The van der Waals surface area contributed by atoms with Gasteiger partial charge in [-0.15, -0.1) is 12.4 Å². The second-order valence-corrected chi connectivity index (χ2v) is 3.47. The van der Waals surface area contributed by atoms with E-state index in [1.54, 1.807) is 0 Å². The Labute approximate surface area is 108 Å². The van der Waals surface area contributed by atoms with Gasteiger partial charge in [0.2, 0.25) is 5.91 Å². The molecule has 4 nitrogen and oxygen atoms in total. The highest BCUT2D eigenvalue weighted by atomic mass is 35.5. The number of ether oxygens (including phenoxy) is 1. The summed E-state index contributed by atoms with van der Waals surface area (Å²) in [6.45, 7) is 1.76. The number of rotatable bonds is 7. The van der Waals surface area contributed by atoms with E-state index in [4.69, 9.17) is 10.5 Å². The van der Waals surface area contributed by atoms with Crippen LogP contribution in [0.25, 0.3) is 0 Å². The lowest BCUT2D eigenvalue weighted by molar-refractivity contribution is -0.126. The Morgan fingerprint density at radius 3 is 2.65 bits per heavy atom. The highest BCUT2D eigenvalue weighted by Crippen LogP contribution is 1.99. The van der Waals surface area contributed by atoms with Crippen molar-refractivity contribution in [2.45, 2.75) is 13.0 Å². The Morgan fingerprint density at radius 1 is 1.29 bits per heavy atom. The number of nitrogens with two attached hydrogens (primary N) is 1. The number of halogens is 1. The van der Waals surface area contributed by atoms with Crippen LogP contribution in [0.5, 0.6) is 0 Å². The number of hydrogen-bond acceptors (Lipinski definition) is 3. The molecule has 1 aromatic carbocycles. The Hall–Kier alpha value is -1.10. The molecule has 0 bridgehead atoms. The van der Waals surface area contributed by atoms with Gasteiger partial charge in [-0.1, -0.05) is 30.3 Å². The van der Waals surface area contributed by atoms with Crippen molar-refractivity contribution in [3.63, 3.8) is 0 Å². The van der Waals surface area contributed by atoms with E-state index in [1.165, 1.54) is 0 Å². The molecule has 0 spiro atoms. The Kier molecular flexibility index (Phi) is 9.43. The minimum Gasteiger partial charge on any atom is -0.367 e. The van der Waals surface area contributed by atoms with Gasteiger partial charge in [-0.2, -0.15) is 0 Å². The zero-order valence-electron chi connectivity index (χ0n) is 9.72. The Morgan fingerprint density at radius 2 is 2.00 bits per heavy atom. The molecule has 5 heteroatoms. The topological polar surface area (TPSA) is 64.3 Å². The molecule has 0 saturated heterocycles. The maximum atomic E-state index is 11.2. The van der Waals surface area contributed by atoms with Gasteiger partial charge in [0.05, 0.1) is 6.61 Å². The van der Waals surface area contributed by atoms with Crippen molar-refractivity contribution in [3.8, 4) is 0 Å². The van der Waals surface area contributed by atoms with Crippen LogP contribution in [0, 0.1) is 0 Å². The summed E-state index contributed by atoms with van der Waals surface area (Å²) in [5, 5.41) is 2.73. The van der Waals surface area contributed by atoms with Gasteiger partial charge in [-0.25, -0.2) is 0 Å². The molecule has 0 radical (unpaired) electrons. The summed E-state index contributed by atoms with van der Waals surface area (Å²) in [5.74, 6) is -0.0932. The number of hydrogen-bond donors (Lipinski definition) is 2. The largest absolute Gasteiger partial charge is 0.367 e. The molecule has 1 amide bonds. The first-order chi connectivity index (χ1) is 7.83. The van der Waals surface area contributed by atoms with Gasteiger partial charge < -0.3 is 15.8 Å². The van der Waals surface area contributed by atoms with Crippen molar-refractivity contribution in [2.24, 2.45) is 5.73 Å². The van der Waals surface area contributed by atoms with E-state index in [9.17, 15) is 4.79 Å². The van der Waals surface area contributed by atoms with Crippen LogP contribution >= 0.6 is 12.4 Å². The molecular weight excluding hydrogens is 240 g/mol. The highest BCUT2D eigenvalue weighted by molar-refractivity contribution is 5.85. The van der Waals surface area contributed by atoms with Crippen molar-refractivity contribution < 1.29 is 9.53 Å². The highest BCUT2D eigenvalue weighted by Gasteiger charge is 2.00. The van der Waals surface area contributed by atoms with Gasteiger partial charge in [0.15, 0.2) is 0 Å². The molecule has 1 rings (SSSR count). The summed E-state index contributed by atoms with van der Waals surface area (Å²) in [5.41, 5.74) is 6.38. The molecule has 0 aliphatic rings.